The van der Waals surface area contributed by atoms with Crippen LogP contribution in [0.15, 0.2) is 29.1 Å². The molecular formula is C17H21N3O4. The molecule has 0 spiro atoms. The number of rotatable bonds is 6. The summed E-state index contributed by atoms with van der Waals surface area (Å²) in [5.74, 6) is -1.51. The number of carboxylic acid groups (broad SMARTS) is 1. The Kier molecular flexibility index (Phi) is 5.02. The number of aryl methyl sites for hydroxylation is 1. The molecule has 7 heteroatoms. The molecule has 0 saturated heterocycles. The van der Waals surface area contributed by atoms with Gasteiger partial charge in [-0.25, -0.2) is 9.48 Å². The lowest BCUT2D eigenvalue weighted by atomic mass is 9.96. The number of hydrogen-bond acceptors (Lipinski definition) is 4. The lowest BCUT2D eigenvalue weighted by Gasteiger charge is -2.25. The predicted molar refractivity (Wildman–Crippen MR) is 89.8 cm³/mol. The zero-order valence-electron chi connectivity index (χ0n) is 14.0. The van der Waals surface area contributed by atoms with Gasteiger partial charge < -0.3 is 10.4 Å². The van der Waals surface area contributed by atoms with Crippen molar-refractivity contribution < 1.29 is 14.7 Å². The Balaban J connectivity index is 2.33. The van der Waals surface area contributed by atoms with E-state index in [1.54, 1.807) is 24.3 Å². The molecule has 7 nitrogen and oxygen atoms in total. The Morgan fingerprint density at radius 3 is 2.50 bits per heavy atom. The Morgan fingerprint density at radius 1 is 1.29 bits per heavy atom. The molecule has 0 bridgehead atoms. The molecule has 1 unspecified atom stereocenters. The summed E-state index contributed by atoms with van der Waals surface area (Å²) in [5, 5.41) is 17.2. The number of carbonyl (C=O) groups excluding carboxylic acids is 1. The summed E-state index contributed by atoms with van der Waals surface area (Å²) in [7, 11) is 1.52. The number of nitrogens with zero attached hydrogens (tertiary/aromatic N) is 2. The zero-order chi connectivity index (χ0) is 17.9. The molecule has 1 heterocycles. The second-order valence-corrected chi connectivity index (χ2v) is 6.03. The van der Waals surface area contributed by atoms with Crippen LogP contribution in [0.25, 0.3) is 10.8 Å². The molecule has 2 aromatic rings. The van der Waals surface area contributed by atoms with Gasteiger partial charge in [0.25, 0.3) is 5.56 Å². The first-order valence-corrected chi connectivity index (χ1v) is 7.78. The first kappa shape index (κ1) is 17.7. The number of hydrogen-bond donors (Lipinski definition) is 2. The molecule has 1 aromatic heterocycles. The molecule has 24 heavy (non-hydrogen) atoms. The van der Waals surface area contributed by atoms with Gasteiger partial charge in [-0.3, -0.25) is 9.59 Å². The summed E-state index contributed by atoms with van der Waals surface area (Å²) in [4.78, 5) is 35.9. The average Bonchev–Trinajstić information content (AvgIpc) is 2.52. The highest BCUT2D eigenvalue weighted by molar-refractivity contribution is 5.91. The van der Waals surface area contributed by atoms with Crippen LogP contribution < -0.4 is 10.9 Å². The molecule has 128 valence electrons. The zero-order valence-corrected chi connectivity index (χ0v) is 14.0. The second kappa shape index (κ2) is 6.82. The minimum atomic E-state index is -1.32. The molecule has 2 N–H and O–H groups in total. The first-order chi connectivity index (χ1) is 11.3. The average molecular weight is 331 g/mol. The third-order valence-electron chi connectivity index (χ3n) is 4.00. The second-order valence-electron chi connectivity index (χ2n) is 6.03. The van der Waals surface area contributed by atoms with E-state index in [2.05, 4.69) is 10.4 Å². The third-order valence-corrected chi connectivity index (χ3v) is 4.00. The van der Waals surface area contributed by atoms with Gasteiger partial charge in [-0.2, -0.15) is 5.10 Å². The van der Waals surface area contributed by atoms with Gasteiger partial charge in [0.2, 0.25) is 5.91 Å². The summed E-state index contributed by atoms with van der Waals surface area (Å²) in [5.41, 5.74) is -1.12. The van der Waals surface area contributed by atoms with E-state index in [0.717, 1.165) is 0 Å². The van der Waals surface area contributed by atoms with Crippen molar-refractivity contribution in [3.05, 3.63) is 40.3 Å². The van der Waals surface area contributed by atoms with Gasteiger partial charge in [-0.1, -0.05) is 31.5 Å². The van der Waals surface area contributed by atoms with Crippen LogP contribution in [0.1, 0.15) is 32.4 Å². The van der Waals surface area contributed by atoms with Gasteiger partial charge >= 0.3 is 5.97 Å². The molecule has 0 aliphatic heterocycles. The van der Waals surface area contributed by atoms with Crippen LogP contribution in [-0.4, -0.2) is 32.3 Å². The highest BCUT2D eigenvalue weighted by Gasteiger charge is 2.33. The van der Waals surface area contributed by atoms with E-state index in [-0.39, 0.29) is 12.0 Å². The number of benzene rings is 1. The highest BCUT2D eigenvalue weighted by Crippen LogP contribution is 2.16. The normalized spacial score (nSPS) is 13.5. The maximum Gasteiger partial charge on any atom is 0.329 e. The van der Waals surface area contributed by atoms with Gasteiger partial charge in [0, 0.05) is 12.4 Å². The predicted octanol–water partition coefficient (Wildman–Crippen LogP) is 1.24. The lowest BCUT2D eigenvalue weighted by molar-refractivity contribution is -0.147. The van der Waals surface area contributed by atoms with E-state index in [9.17, 15) is 19.5 Å². The van der Waals surface area contributed by atoms with Crippen molar-refractivity contribution in [1.29, 1.82) is 0 Å². The maximum atomic E-state index is 12.3. The molecule has 0 aliphatic rings. The van der Waals surface area contributed by atoms with E-state index < -0.39 is 17.4 Å². The molecule has 0 aliphatic carbocycles. The van der Waals surface area contributed by atoms with Gasteiger partial charge in [0.15, 0.2) is 0 Å². The number of aliphatic carboxylic acids is 1. The van der Waals surface area contributed by atoms with Crippen molar-refractivity contribution >= 4 is 22.6 Å². The van der Waals surface area contributed by atoms with Crippen LogP contribution in [0, 0.1) is 0 Å². The standard InChI is InChI=1S/C17H21N3O4/c1-4-9-17(2,16(23)24)18-14(21)10-13-11-7-5-6-8-12(11)15(22)20(3)19-13/h5-8H,4,9-10H2,1-3H3,(H,18,21)(H,23,24). The minimum Gasteiger partial charge on any atom is -0.480 e. The topological polar surface area (TPSA) is 101 Å². The Labute approximate surface area is 139 Å². The van der Waals surface area contributed by atoms with Crippen LogP contribution in [0.3, 0.4) is 0 Å². The van der Waals surface area contributed by atoms with Crippen molar-refractivity contribution in [3.8, 4) is 0 Å². The molecule has 2 rings (SSSR count). The summed E-state index contributed by atoms with van der Waals surface area (Å²) in [6, 6.07) is 6.92. The number of amides is 1. The van der Waals surface area contributed by atoms with Crippen molar-refractivity contribution in [2.24, 2.45) is 7.05 Å². The summed E-state index contributed by atoms with van der Waals surface area (Å²) in [6.45, 7) is 3.35. The summed E-state index contributed by atoms with van der Waals surface area (Å²) < 4.78 is 1.19. The van der Waals surface area contributed by atoms with E-state index in [4.69, 9.17) is 0 Å². The quantitative estimate of drug-likeness (QED) is 0.829. The highest BCUT2D eigenvalue weighted by atomic mass is 16.4. The Morgan fingerprint density at radius 2 is 1.92 bits per heavy atom. The van der Waals surface area contributed by atoms with Gasteiger partial charge in [-0.05, 0) is 19.4 Å². The summed E-state index contributed by atoms with van der Waals surface area (Å²) in [6.07, 6.45) is 0.862. The van der Waals surface area contributed by atoms with Crippen molar-refractivity contribution in [2.75, 3.05) is 0 Å². The SMILES string of the molecule is CCCC(C)(NC(=O)Cc1nn(C)c(=O)c2ccccc12)C(=O)O. The fraction of sp³-hybridized carbons (Fsp3) is 0.412. The van der Waals surface area contributed by atoms with E-state index >= 15 is 0 Å². The molecule has 1 aromatic carbocycles. The van der Waals surface area contributed by atoms with Crippen LogP contribution in [-0.2, 0) is 23.1 Å². The lowest BCUT2D eigenvalue weighted by Crippen LogP contribution is -2.52. The van der Waals surface area contributed by atoms with Crippen LogP contribution in [0.5, 0.6) is 0 Å². The first-order valence-electron chi connectivity index (χ1n) is 7.78. The summed E-state index contributed by atoms with van der Waals surface area (Å²) >= 11 is 0. The number of nitrogens with one attached hydrogen (secondary N) is 1. The third kappa shape index (κ3) is 3.45. The molecule has 1 atom stereocenters. The van der Waals surface area contributed by atoms with Crippen molar-refractivity contribution in [1.82, 2.24) is 15.1 Å². The Hall–Kier alpha value is -2.70. The smallest absolute Gasteiger partial charge is 0.329 e. The Bertz CT molecular complexity index is 843. The number of carbonyl (C=O) groups is 2. The van der Waals surface area contributed by atoms with Gasteiger partial charge in [0.05, 0.1) is 17.5 Å². The molecule has 0 fully saturated rings. The monoisotopic (exact) mass is 331 g/mol. The molecule has 0 radical (unpaired) electrons. The molecule has 0 saturated carbocycles. The number of carboxylic acids is 1. The van der Waals surface area contributed by atoms with E-state index in [1.807, 2.05) is 6.92 Å². The van der Waals surface area contributed by atoms with E-state index in [0.29, 0.717) is 29.3 Å². The maximum absolute atomic E-state index is 12.3. The fourth-order valence-corrected chi connectivity index (χ4v) is 2.73. The largest absolute Gasteiger partial charge is 0.480 e. The number of fused-ring (bicyclic) bond motifs is 1. The van der Waals surface area contributed by atoms with Crippen LogP contribution in [0.4, 0.5) is 0 Å². The number of aromatic nitrogens is 2. The van der Waals surface area contributed by atoms with E-state index in [1.165, 1.54) is 18.7 Å². The fourth-order valence-electron chi connectivity index (χ4n) is 2.73. The molecule has 1 amide bonds. The van der Waals surface area contributed by atoms with Crippen molar-refractivity contribution in [3.63, 3.8) is 0 Å². The minimum absolute atomic E-state index is 0.0960. The van der Waals surface area contributed by atoms with Gasteiger partial charge in [0.1, 0.15) is 5.54 Å². The molecular weight excluding hydrogens is 310 g/mol. The van der Waals surface area contributed by atoms with Crippen LogP contribution >= 0.6 is 0 Å². The van der Waals surface area contributed by atoms with Crippen LogP contribution in [0.2, 0.25) is 0 Å². The van der Waals surface area contributed by atoms with Crippen molar-refractivity contribution in [2.45, 2.75) is 38.6 Å². The van der Waals surface area contributed by atoms with Gasteiger partial charge in [-0.15, -0.1) is 0 Å².